The van der Waals surface area contributed by atoms with Gasteiger partial charge in [-0.2, -0.15) is 0 Å². The van der Waals surface area contributed by atoms with E-state index in [1.165, 1.54) is 11.6 Å². The quantitative estimate of drug-likeness (QED) is 0.380. The minimum atomic E-state index is -0.203. The molecule has 1 saturated carbocycles. The van der Waals surface area contributed by atoms with Crippen molar-refractivity contribution in [2.24, 2.45) is 5.92 Å². The molecular formula is C25H24ClFN4. The van der Waals surface area contributed by atoms with Gasteiger partial charge in [-0.05, 0) is 91.6 Å². The number of aromatic amines is 1. The standard InChI is InChI=1S/C25H24ClFN4/c1-15(24-29-25(31-30-24)18-6-8-19(26)9-7-18)16-2-4-17(5-3-16)21-12-13-28-23-11-10-20(27)14-22(21)23/h6-17H,2-5H2,1H3,(H,29,30,31)/t15-,16?,17?/m1/s1. The zero-order valence-corrected chi connectivity index (χ0v) is 18.1. The molecule has 0 amide bonds. The lowest BCUT2D eigenvalue weighted by Crippen LogP contribution is -2.19. The fourth-order valence-electron chi connectivity index (χ4n) is 4.87. The molecule has 5 rings (SSSR count). The summed E-state index contributed by atoms with van der Waals surface area (Å²) in [5, 5.41) is 10.4. The highest BCUT2D eigenvalue weighted by Gasteiger charge is 2.29. The van der Waals surface area contributed by atoms with E-state index in [0.717, 1.165) is 53.8 Å². The van der Waals surface area contributed by atoms with Crippen molar-refractivity contribution in [3.05, 3.63) is 77.0 Å². The highest BCUT2D eigenvalue weighted by atomic mass is 35.5. The van der Waals surface area contributed by atoms with Crippen LogP contribution in [0.25, 0.3) is 22.3 Å². The van der Waals surface area contributed by atoms with E-state index in [1.54, 1.807) is 12.1 Å². The largest absolute Gasteiger partial charge is 0.325 e. The molecule has 2 aromatic heterocycles. The van der Waals surface area contributed by atoms with Crippen LogP contribution in [0.5, 0.6) is 0 Å². The Kier molecular flexibility index (Phi) is 5.45. The number of hydrogen-bond donors (Lipinski definition) is 1. The van der Waals surface area contributed by atoms with E-state index in [1.807, 2.05) is 30.5 Å². The first-order chi connectivity index (χ1) is 15.1. The van der Waals surface area contributed by atoms with Crippen LogP contribution in [-0.4, -0.2) is 20.2 Å². The molecule has 1 fully saturated rings. The Hall–Kier alpha value is -2.79. The van der Waals surface area contributed by atoms with Crippen LogP contribution < -0.4 is 0 Å². The van der Waals surface area contributed by atoms with Gasteiger partial charge in [-0.3, -0.25) is 4.98 Å². The summed E-state index contributed by atoms with van der Waals surface area (Å²) in [4.78, 5) is 7.80. The van der Waals surface area contributed by atoms with Crippen molar-refractivity contribution in [3.8, 4) is 11.4 Å². The molecule has 0 saturated heterocycles. The Morgan fingerprint density at radius 3 is 2.55 bits per heavy atom. The molecule has 1 N–H and O–H groups in total. The third-order valence-electron chi connectivity index (χ3n) is 6.71. The highest BCUT2D eigenvalue weighted by Crippen LogP contribution is 2.42. The smallest absolute Gasteiger partial charge is 0.161 e. The molecule has 6 heteroatoms. The molecule has 1 atom stereocenters. The van der Waals surface area contributed by atoms with Gasteiger partial charge in [-0.25, -0.2) is 4.39 Å². The molecule has 4 nitrogen and oxygen atoms in total. The second-order valence-corrected chi connectivity index (χ2v) is 8.96. The normalized spacial score (nSPS) is 20.1. The zero-order valence-electron chi connectivity index (χ0n) is 17.4. The van der Waals surface area contributed by atoms with Crippen LogP contribution in [0.1, 0.15) is 55.8 Å². The van der Waals surface area contributed by atoms with Gasteiger partial charge >= 0.3 is 0 Å². The maximum atomic E-state index is 13.8. The fraction of sp³-hybridized carbons (Fsp3) is 0.320. The topological polar surface area (TPSA) is 54.5 Å². The molecule has 0 bridgehead atoms. The van der Waals surface area contributed by atoms with Gasteiger partial charge < -0.3 is 4.98 Å². The van der Waals surface area contributed by atoms with Gasteiger partial charge in [0.15, 0.2) is 5.82 Å². The first-order valence-electron chi connectivity index (χ1n) is 10.8. The number of aromatic nitrogens is 4. The lowest BCUT2D eigenvalue weighted by atomic mass is 9.73. The second-order valence-electron chi connectivity index (χ2n) is 8.53. The number of H-pyrrole nitrogens is 1. The van der Waals surface area contributed by atoms with Crippen molar-refractivity contribution < 1.29 is 4.39 Å². The molecule has 0 spiro atoms. The van der Waals surface area contributed by atoms with E-state index >= 15 is 0 Å². The monoisotopic (exact) mass is 434 g/mol. The maximum Gasteiger partial charge on any atom is 0.161 e. The van der Waals surface area contributed by atoms with Crippen molar-refractivity contribution in [3.63, 3.8) is 0 Å². The summed E-state index contributed by atoms with van der Waals surface area (Å²) in [7, 11) is 0. The fourth-order valence-corrected chi connectivity index (χ4v) is 4.99. The van der Waals surface area contributed by atoms with Crippen molar-refractivity contribution in [2.75, 3.05) is 0 Å². The molecule has 0 aliphatic heterocycles. The molecule has 0 unspecified atom stereocenters. The van der Waals surface area contributed by atoms with Gasteiger partial charge in [0.1, 0.15) is 11.6 Å². The predicted molar refractivity (Wildman–Crippen MR) is 122 cm³/mol. The number of benzene rings is 2. The number of nitrogens with zero attached hydrogens (tertiary/aromatic N) is 3. The van der Waals surface area contributed by atoms with Crippen LogP contribution in [0.4, 0.5) is 4.39 Å². The molecule has 0 radical (unpaired) electrons. The van der Waals surface area contributed by atoms with Gasteiger partial charge in [0.2, 0.25) is 0 Å². The minimum absolute atomic E-state index is 0.203. The summed E-state index contributed by atoms with van der Waals surface area (Å²) in [6, 6.07) is 14.5. The molecule has 1 aliphatic carbocycles. The number of nitrogens with one attached hydrogen (secondary N) is 1. The van der Waals surface area contributed by atoms with E-state index in [9.17, 15) is 4.39 Å². The summed E-state index contributed by atoms with van der Waals surface area (Å²) in [5.74, 6) is 2.80. The average Bonchev–Trinajstić information content (AvgIpc) is 3.29. The molecular weight excluding hydrogens is 411 g/mol. The van der Waals surface area contributed by atoms with Crippen LogP contribution >= 0.6 is 11.6 Å². The first kappa shape index (κ1) is 20.1. The van der Waals surface area contributed by atoms with Gasteiger partial charge in [-0.1, -0.05) is 18.5 Å². The molecule has 4 aromatic rings. The minimum Gasteiger partial charge on any atom is -0.325 e. The van der Waals surface area contributed by atoms with Crippen molar-refractivity contribution in [1.29, 1.82) is 0 Å². The van der Waals surface area contributed by atoms with Crippen molar-refractivity contribution in [2.45, 2.75) is 44.4 Å². The van der Waals surface area contributed by atoms with E-state index in [0.29, 0.717) is 22.8 Å². The van der Waals surface area contributed by atoms with Crippen LogP contribution in [0.3, 0.4) is 0 Å². The second kappa shape index (κ2) is 8.39. The highest BCUT2D eigenvalue weighted by molar-refractivity contribution is 6.30. The predicted octanol–water partition coefficient (Wildman–Crippen LogP) is 6.89. The van der Waals surface area contributed by atoms with E-state index in [4.69, 9.17) is 11.6 Å². The summed E-state index contributed by atoms with van der Waals surface area (Å²) >= 11 is 5.98. The van der Waals surface area contributed by atoms with Crippen molar-refractivity contribution >= 4 is 22.5 Å². The van der Waals surface area contributed by atoms with Crippen molar-refractivity contribution in [1.82, 2.24) is 20.2 Å². The summed E-state index contributed by atoms with van der Waals surface area (Å²) in [6.45, 7) is 2.23. The third-order valence-corrected chi connectivity index (χ3v) is 6.96. The molecule has 2 aromatic carbocycles. The third kappa shape index (κ3) is 4.07. The Bertz CT molecular complexity index is 1200. The molecule has 31 heavy (non-hydrogen) atoms. The van der Waals surface area contributed by atoms with Crippen LogP contribution in [0, 0.1) is 11.7 Å². The zero-order chi connectivity index (χ0) is 21.4. The first-order valence-corrected chi connectivity index (χ1v) is 11.2. The lowest BCUT2D eigenvalue weighted by molar-refractivity contribution is 0.286. The van der Waals surface area contributed by atoms with E-state index < -0.39 is 0 Å². The Balaban J connectivity index is 1.29. The molecule has 1 aliphatic rings. The molecule has 158 valence electrons. The Morgan fingerprint density at radius 1 is 1.00 bits per heavy atom. The average molecular weight is 435 g/mol. The number of fused-ring (bicyclic) bond motifs is 1. The van der Waals surface area contributed by atoms with Crippen LogP contribution in [-0.2, 0) is 0 Å². The van der Waals surface area contributed by atoms with E-state index in [2.05, 4.69) is 33.2 Å². The maximum absolute atomic E-state index is 13.8. The van der Waals surface area contributed by atoms with Crippen LogP contribution in [0.15, 0.2) is 54.7 Å². The summed E-state index contributed by atoms with van der Waals surface area (Å²) in [5.41, 5.74) is 3.07. The SMILES string of the molecule is C[C@@H](c1nnc(-c2ccc(Cl)cc2)[nH]1)C1CCC(c2ccnc3ccc(F)cc23)CC1. The lowest BCUT2D eigenvalue weighted by Gasteiger charge is -2.32. The van der Waals surface area contributed by atoms with Gasteiger partial charge in [-0.15, -0.1) is 10.2 Å². The Labute approximate surface area is 185 Å². The molecule has 2 heterocycles. The van der Waals surface area contributed by atoms with Gasteiger partial charge in [0.25, 0.3) is 0 Å². The van der Waals surface area contributed by atoms with Gasteiger partial charge in [0, 0.05) is 28.1 Å². The summed E-state index contributed by atoms with van der Waals surface area (Å²) in [6.07, 6.45) is 6.24. The van der Waals surface area contributed by atoms with Crippen LogP contribution in [0.2, 0.25) is 5.02 Å². The Morgan fingerprint density at radius 2 is 1.77 bits per heavy atom. The number of hydrogen-bond acceptors (Lipinski definition) is 3. The number of pyridine rings is 1. The summed E-state index contributed by atoms with van der Waals surface area (Å²) < 4.78 is 13.8. The van der Waals surface area contributed by atoms with E-state index in [-0.39, 0.29) is 5.82 Å². The number of rotatable bonds is 4. The number of halogens is 2. The van der Waals surface area contributed by atoms with Gasteiger partial charge in [0.05, 0.1) is 5.52 Å².